The molecule has 2 N–H and O–H groups in total. The first-order chi connectivity index (χ1) is 14.7. The number of benzene rings is 1. The molecule has 3 heterocycles. The Bertz CT molecular complexity index is 1280. The number of amides is 1. The number of hydrogen-bond acceptors (Lipinski definition) is 4. The number of carbonyl (C=O) groups excluding carboxylic acids is 1. The van der Waals surface area contributed by atoms with E-state index in [4.69, 9.17) is 5.26 Å². The van der Waals surface area contributed by atoms with Crippen molar-refractivity contribution in [2.75, 3.05) is 6.54 Å². The van der Waals surface area contributed by atoms with E-state index in [1.807, 2.05) is 48.5 Å². The van der Waals surface area contributed by atoms with Gasteiger partial charge in [0.15, 0.2) is 0 Å². The molecule has 3 aromatic heterocycles. The predicted molar refractivity (Wildman–Crippen MR) is 114 cm³/mol. The van der Waals surface area contributed by atoms with Crippen LogP contribution in [0.3, 0.4) is 0 Å². The Labute approximate surface area is 173 Å². The van der Waals surface area contributed by atoms with Crippen molar-refractivity contribution in [1.82, 2.24) is 20.3 Å². The van der Waals surface area contributed by atoms with Crippen LogP contribution in [0, 0.1) is 16.7 Å². The summed E-state index contributed by atoms with van der Waals surface area (Å²) < 4.78 is 0. The molecule has 0 spiro atoms. The third-order valence-electron chi connectivity index (χ3n) is 5.51. The second-order valence-corrected chi connectivity index (χ2v) is 7.69. The summed E-state index contributed by atoms with van der Waals surface area (Å²) in [5, 5.41) is 13.0. The molecule has 4 aromatic rings. The molecule has 0 unspecified atom stereocenters. The molecule has 0 radical (unpaired) electrons. The third kappa shape index (κ3) is 3.42. The van der Waals surface area contributed by atoms with E-state index in [0.717, 1.165) is 40.7 Å². The number of hydrogen-bond donors (Lipinski definition) is 2. The zero-order valence-electron chi connectivity index (χ0n) is 16.2. The zero-order valence-corrected chi connectivity index (χ0v) is 16.2. The minimum absolute atomic E-state index is 0.263. The van der Waals surface area contributed by atoms with E-state index < -0.39 is 0 Å². The number of H-pyrrole nitrogens is 1. The van der Waals surface area contributed by atoms with Crippen LogP contribution in [0.1, 0.15) is 23.3 Å². The number of rotatable bonds is 5. The van der Waals surface area contributed by atoms with Crippen LogP contribution in [0.4, 0.5) is 0 Å². The molecule has 6 nitrogen and oxygen atoms in total. The zero-order chi connectivity index (χ0) is 20.6. The SMILES string of the molecule is N#CC1(CNC(=O)c2cccc(-c3cnc4[nH]c(-c5ccccc5)cc4c3)n2)CC1. The van der Waals surface area contributed by atoms with E-state index in [1.54, 1.807) is 12.3 Å². The maximum absolute atomic E-state index is 12.5. The monoisotopic (exact) mass is 393 g/mol. The van der Waals surface area contributed by atoms with Crippen LogP contribution >= 0.6 is 0 Å². The third-order valence-corrected chi connectivity index (χ3v) is 5.51. The normalized spacial score (nSPS) is 14.2. The van der Waals surface area contributed by atoms with Gasteiger partial charge in [-0.1, -0.05) is 36.4 Å². The highest BCUT2D eigenvalue weighted by Crippen LogP contribution is 2.44. The van der Waals surface area contributed by atoms with E-state index in [0.29, 0.717) is 17.9 Å². The number of aromatic nitrogens is 3. The van der Waals surface area contributed by atoms with Crippen LogP contribution in [-0.4, -0.2) is 27.4 Å². The average molecular weight is 393 g/mol. The molecular formula is C24H19N5O. The van der Waals surface area contributed by atoms with Gasteiger partial charge < -0.3 is 10.3 Å². The Morgan fingerprint density at radius 3 is 2.70 bits per heavy atom. The summed E-state index contributed by atoms with van der Waals surface area (Å²) in [4.78, 5) is 24.9. The Hall–Kier alpha value is -3.98. The number of fused-ring (bicyclic) bond motifs is 1. The average Bonchev–Trinajstić information content (AvgIpc) is 3.47. The lowest BCUT2D eigenvalue weighted by Gasteiger charge is -2.08. The Morgan fingerprint density at radius 2 is 1.93 bits per heavy atom. The van der Waals surface area contributed by atoms with Gasteiger partial charge in [0.25, 0.3) is 5.91 Å². The van der Waals surface area contributed by atoms with Crippen LogP contribution in [0.2, 0.25) is 0 Å². The fourth-order valence-electron chi connectivity index (χ4n) is 3.47. The lowest BCUT2D eigenvalue weighted by molar-refractivity contribution is 0.0943. The number of nitrogens with zero attached hydrogens (tertiary/aromatic N) is 3. The highest BCUT2D eigenvalue weighted by atomic mass is 16.1. The standard InChI is InChI=1S/C24H19N5O/c25-14-24(9-10-24)15-27-23(30)20-8-4-7-19(28-20)18-11-17-12-21(29-22(17)26-13-18)16-5-2-1-3-6-16/h1-8,11-13H,9-10,15H2,(H,26,29)(H,27,30). The van der Waals surface area contributed by atoms with Crippen molar-refractivity contribution in [2.45, 2.75) is 12.8 Å². The smallest absolute Gasteiger partial charge is 0.269 e. The van der Waals surface area contributed by atoms with Gasteiger partial charge >= 0.3 is 0 Å². The van der Waals surface area contributed by atoms with Gasteiger partial charge in [-0.3, -0.25) is 4.79 Å². The van der Waals surface area contributed by atoms with Crippen LogP contribution < -0.4 is 5.32 Å². The van der Waals surface area contributed by atoms with Gasteiger partial charge in [0.05, 0.1) is 17.2 Å². The molecule has 1 aliphatic rings. The molecule has 6 heteroatoms. The number of aromatic amines is 1. The van der Waals surface area contributed by atoms with E-state index in [-0.39, 0.29) is 11.3 Å². The van der Waals surface area contributed by atoms with E-state index in [1.165, 1.54) is 0 Å². The maximum atomic E-state index is 12.5. The van der Waals surface area contributed by atoms with Gasteiger partial charge in [0, 0.05) is 29.4 Å². The van der Waals surface area contributed by atoms with Crippen molar-refractivity contribution in [2.24, 2.45) is 5.41 Å². The van der Waals surface area contributed by atoms with E-state index in [2.05, 4.69) is 32.4 Å². The molecule has 0 aliphatic heterocycles. The maximum Gasteiger partial charge on any atom is 0.269 e. The summed E-state index contributed by atoms with van der Waals surface area (Å²) in [5.74, 6) is -0.263. The minimum Gasteiger partial charge on any atom is -0.349 e. The number of nitriles is 1. The van der Waals surface area contributed by atoms with Crippen molar-refractivity contribution in [3.05, 3.63) is 72.6 Å². The Kier molecular flexibility index (Phi) is 4.29. The molecule has 30 heavy (non-hydrogen) atoms. The van der Waals surface area contributed by atoms with E-state index >= 15 is 0 Å². The topological polar surface area (TPSA) is 94.5 Å². The molecule has 1 aromatic carbocycles. The Morgan fingerprint density at radius 1 is 1.10 bits per heavy atom. The van der Waals surface area contributed by atoms with Crippen LogP contribution in [0.25, 0.3) is 33.5 Å². The van der Waals surface area contributed by atoms with Crippen LogP contribution in [0.15, 0.2) is 66.9 Å². The van der Waals surface area contributed by atoms with Crippen LogP contribution in [-0.2, 0) is 0 Å². The van der Waals surface area contributed by atoms with Gasteiger partial charge in [-0.05, 0) is 42.7 Å². The summed E-state index contributed by atoms with van der Waals surface area (Å²) in [6, 6.07) is 21.8. The van der Waals surface area contributed by atoms with Crippen molar-refractivity contribution in [1.29, 1.82) is 5.26 Å². The molecule has 1 amide bonds. The van der Waals surface area contributed by atoms with E-state index in [9.17, 15) is 4.79 Å². The van der Waals surface area contributed by atoms with Gasteiger partial charge in [-0.15, -0.1) is 0 Å². The van der Waals surface area contributed by atoms with Gasteiger partial charge in [0.2, 0.25) is 0 Å². The number of carbonyl (C=O) groups is 1. The second kappa shape index (κ2) is 7.12. The molecule has 0 bridgehead atoms. The van der Waals surface area contributed by atoms with Gasteiger partial charge in [-0.25, -0.2) is 9.97 Å². The largest absolute Gasteiger partial charge is 0.349 e. The molecule has 1 saturated carbocycles. The minimum atomic E-state index is -0.382. The van der Waals surface area contributed by atoms with Gasteiger partial charge in [0.1, 0.15) is 11.3 Å². The predicted octanol–water partition coefficient (Wildman–Crippen LogP) is 4.33. The summed E-state index contributed by atoms with van der Waals surface area (Å²) in [6.07, 6.45) is 3.43. The van der Waals surface area contributed by atoms with Crippen molar-refractivity contribution >= 4 is 16.9 Å². The first-order valence-electron chi connectivity index (χ1n) is 9.87. The molecule has 1 fully saturated rings. The summed E-state index contributed by atoms with van der Waals surface area (Å²) in [6.45, 7) is 0.368. The first kappa shape index (κ1) is 18.1. The van der Waals surface area contributed by atoms with Crippen molar-refractivity contribution < 1.29 is 4.79 Å². The van der Waals surface area contributed by atoms with Crippen molar-refractivity contribution in [3.63, 3.8) is 0 Å². The molecule has 5 rings (SSSR count). The lowest BCUT2D eigenvalue weighted by atomic mass is 10.1. The highest BCUT2D eigenvalue weighted by Gasteiger charge is 2.43. The molecule has 0 atom stereocenters. The van der Waals surface area contributed by atoms with Crippen molar-refractivity contribution in [3.8, 4) is 28.6 Å². The lowest BCUT2D eigenvalue weighted by Crippen LogP contribution is -2.30. The molecule has 1 aliphatic carbocycles. The second-order valence-electron chi connectivity index (χ2n) is 7.69. The Balaban J connectivity index is 1.40. The number of pyridine rings is 2. The first-order valence-corrected chi connectivity index (χ1v) is 9.87. The molecular weight excluding hydrogens is 374 g/mol. The summed E-state index contributed by atoms with van der Waals surface area (Å²) in [5.41, 5.74) is 4.38. The molecule has 0 saturated heterocycles. The molecule has 146 valence electrons. The quantitative estimate of drug-likeness (QED) is 0.528. The fraction of sp³-hybridized carbons (Fsp3) is 0.167. The fourth-order valence-corrected chi connectivity index (χ4v) is 3.47. The van der Waals surface area contributed by atoms with Crippen LogP contribution in [0.5, 0.6) is 0 Å². The highest BCUT2D eigenvalue weighted by molar-refractivity contribution is 5.93. The number of nitrogens with one attached hydrogen (secondary N) is 2. The van der Waals surface area contributed by atoms with Gasteiger partial charge in [-0.2, -0.15) is 5.26 Å². The summed E-state index contributed by atoms with van der Waals surface area (Å²) in [7, 11) is 0. The summed E-state index contributed by atoms with van der Waals surface area (Å²) >= 11 is 0.